The number of nitrogen functional groups attached to an aromatic ring is 1. The van der Waals surface area contributed by atoms with Gasteiger partial charge < -0.3 is 11.1 Å². The number of carbonyl (C=O) groups excluding carboxylic acids is 1. The van der Waals surface area contributed by atoms with Gasteiger partial charge in [0.05, 0.1) is 11.8 Å². The average molecular weight is 218 g/mol. The third kappa shape index (κ3) is 3.58. The molecule has 0 aromatic carbocycles. The molecule has 84 valence electrons. The van der Waals surface area contributed by atoms with E-state index in [0.29, 0.717) is 18.7 Å². The molecule has 1 aromatic heterocycles. The number of nitrogens with two attached hydrogens (primary N) is 1. The number of amides is 1. The molecule has 1 heterocycles. The van der Waals surface area contributed by atoms with Crippen molar-refractivity contribution in [1.82, 2.24) is 10.3 Å². The number of nitrogens with one attached hydrogen (secondary N) is 1. The first-order chi connectivity index (χ1) is 7.75. The smallest absolute Gasteiger partial charge is 0.272 e. The third-order valence-corrected chi connectivity index (χ3v) is 2.05. The summed E-state index contributed by atoms with van der Waals surface area (Å²) in [6, 6.07) is 5.37. The van der Waals surface area contributed by atoms with Gasteiger partial charge in [-0.05, 0) is 25.0 Å². The van der Waals surface area contributed by atoms with Crippen LogP contribution < -0.4 is 11.1 Å². The van der Waals surface area contributed by atoms with Gasteiger partial charge in [0.1, 0.15) is 0 Å². The Bertz CT molecular complexity index is 397. The van der Waals surface area contributed by atoms with Crippen LogP contribution in [-0.2, 0) is 0 Å². The minimum atomic E-state index is -0.268. The lowest BCUT2D eigenvalue weighted by atomic mass is 10.2. The van der Waals surface area contributed by atoms with Crippen molar-refractivity contribution in [2.75, 3.05) is 12.3 Å². The van der Waals surface area contributed by atoms with Crippen molar-refractivity contribution in [3.8, 4) is 6.07 Å². The van der Waals surface area contributed by atoms with Gasteiger partial charge in [-0.1, -0.05) is 0 Å². The molecule has 0 spiro atoms. The predicted octanol–water partition coefficient (Wildman–Crippen LogP) is 1.09. The molecule has 0 bridgehead atoms. The quantitative estimate of drug-likeness (QED) is 0.723. The Hall–Kier alpha value is -2.09. The van der Waals surface area contributed by atoms with Crippen LogP contribution in [0.3, 0.4) is 0 Å². The number of anilines is 1. The van der Waals surface area contributed by atoms with Crippen LogP contribution in [0.2, 0.25) is 0 Å². The molecule has 1 amide bonds. The molecule has 3 N–H and O–H groups in total. The van der Waals surface area contributed by atoms with Crippen molar-refractivity contribution in [2.24, 2.45) is 0 Å². The Morgan fingerprint density at radius 2 is 2.38 bits per heavy atom. The fraction of sp³-hybridized carbons (Fsp3) is 0.364. The number of nitriles is 1. The van der Waals surface area contributed by atoms with Crippen LogP contribution in [0.1, 0.15) is 29.8 Å². The standard InChI is InChI=1S/C11H14N4O/c12-6-2-1-3-7-15-11(16)10-9(13)5-4-8-14-10/h4-5,8H,1-3,7,13H2,(H,15,16). The maximum Gasteiger partial charge on any atom is 0.272 e. The van der Waals surface area contributed by atoms with Crippen molar-refractivity contribution in [2.45, 2.75) is 19.3 Å². The van der Waals surface area contributed by atoms with Crippen LogP contribution >= 0.6 is 0 Å². The van der Waals surface area contributed by atoms with E-state index in [1.165, 1.54) is 6.20 Å². The van der Waals surface area contributed by atoms with E-state index in [-0.39, 0.29) is 11.6 Å². The second-order valence-corrected chi connectivity index (χ2v) is 3.31. The maximum absolute atomic E-state index is 11.6. The summed E-state index contributed by atoms with van der Waals surface area (Å²) in [5.74, 6) is -0.268. The van der Waals surface area contributed by atoms with Crippen molar-refractivity contribution >= 4 is 11.6 Å². The molecule has 0 unspecified atom stereocenters. The zero-order valence-corrected chi connectivity index (χ0v) is 8.94. The van der Waals surface area contributed by atoms with Gasteiger partial charge in [0.15, 0.2) is 5.69 Å². The number of rotatable bonds is 5. The van der Waals surface area contributed by atoms with Crippen LogP contribution in [-0.4, -0.2) is 17.4 Å². The van der Waals surface area contributed by atoms with E-state index in [2.05, 4.69) is 16.4 Å². The lowest BCUT2D eigenvalue weighted by Gasteiger charge is -2.05. The molecule has 0 aliphatic carbocycles. The highest BCUT2D eigenvalue weighted by molar-refractivity contribution is 5.96. The lowest BCUT2D eigenvalue weighted by Crippen LogP contribution is -2.26. The molecule has 0 atom stereocenters. The molecule has 16 heavy (non-hydrogen) atoms. The first kappa shape index (κ1) is 12.0. The van der Waals surface area contributed by atoms with Crippen LogP contribution in [0.25, 0.3) is 0 Å². The summed E-state index contributed by atoms with van der Waals surface area (Å²) in [5, 5.41) is 11.0. The predicted molar refractivity (Wildman–Crippen MR) is 60.4 cm³/mol. The zero-order chi connectivity index (χ0) is 11.8. The van der Waals surface area contributed by atoms with Crippen LogP contribution in [0.15, 0.2) is 18.3 Å². The number of carbonyl (C=O) groups is 1. The highest BCUT2D eigenvalue weighted by Gasteiger charge is 2.09. The van der Waals surface area contributed by atoms with Gasteiger partial charge in [0, 0.05) is 19.2 Å². The van der Waals surface area contributed by atoms with Gasteiger partial charge in [-0.15, -0.1) is 0 Å². The highest BCUT2D eigenvalue weighted by atomic mass is 16.1. The number of hydrogen-bond donors (Lipinski definition) is 2. The van der Waals surface area contributed by atoms with Gasteiger partial charge in [0.2, 0.25) is 0 Å². The Morgan fingerprint density at radius 3 is 3.06 bits per heavy atom. The molecular weight excluding hydrogens is 204 g/mol. The SMILES string of the molecule is N#CCCCCNC(=O)c1ncccc1N. The van der Waals surface area contributed by atoms with E-state index < -0.39 is 0 Å². The Kier molecular flexibility index (Phi) is 4.80. The number of nitrogens with zero attached hydrogens (tertiary/aromatic N) is 2. The second-order valence-electron chi connectivity index (χ2n) is 3.31. The molecular formula is C11H14N4O. The number of pyridine rings is 1. The van der Waals surface area contributed by atoms with E-state index in [9.17, 15) is 4.79 Å². The number of unbranched alkanes of at least 4 members (excludes halogenated alkanes) is 2. The van der Waals surface area contributed by atoms with E-state index >= 15 is 0 Å². The molecule has 0 fully saturated rings. The maximum atomic E-state index is 11.6. The second kappa shape index (κ2) is 6.40. The minimum Gasteiger partial charge on any atom is -0.397 e. The topological polar surface area (TPSA) is 91.8 Å². The molecule has 1 aromatic rings. The summed E-state index contributed by atoms with van der Waals surface area (Å²) >= 11 is 0. The largest absolute Gasteiger partial charge is 0.397 e. The molecule has 0 saturated heterocycles. The third-order valence-electron chi connectivity index (χ3n) is 2.05. The Morgan fingerprint density at radius 1 is 1.56 bits per heavy atom. The molecule has 5 nitrogen and oxygen atoms in total. The van der Waals surface area contributed by atoms with Crippen molar-refractivity contribution in [1.29, 1.82) is 5.26 Å². The number of hydrogen-bond acceptors (Lipinski definition) is 4. The van der Waals surface area contributed by atoms with Crippen LogP contribution in [0.4, 0.5) is 5.69 Å². The Labute approximate surface area is 94.3 Å². The van der Waals surface area contributed by atoms with Gasteiger partial charge >= 0.3 is 0 Å². The molecule has 0 radical (unpaired) electrons. The zero-order valence-electron chi connectivity index (χ0n) is 8.94. The monoisotopic (exact) mass is 218 g/mol. The van der Waals surface area contributed by atoms with Gasteiger partial charge in [0.25, 0.3) is 5.91 Å². The van der Waals surface area contributed by atoms with Gasteiger partial charge in [-0.25, -0.2) is 4.98 Å². The summed E-state index contributed by atoms with van der Waals surface area (Å²) in [6.45, 7) is 0.538. The summed E-state index contributed by atoms with van der Waals surface area (Å²) in [6.07, 6.45) is 3.61. The van der Waals surface area contributed by atoms with Gasteiger partial charge in [-0.2, -0.15) is 5.26 Å². The lowest BCUT2D eigenvalue weighted by molar-refractivity contribution is 0.0949. The van der Waals surface area contributed by atoms with E-state index in [4.69, 9.17) is 11.0 Å². The summed E-state index contributed by atoms with van der Waals surface area (Å²) in [7, 11) is 0. The summed E-state index contributed by atoms with van der Waals surface area (Å²) in [5.41, 5.74) is 6.23. The van der Waals surface area contributed by atoms with Crippen LogP contribution in [0.5, 0.6) is 0 Å². The fourth-order valence-corrected chi connectivity index (χ4v) is 1.22. The van der Waals surface area contributed by atoms with E-state index in [1.807, 2.05) is 0 Å². The van der Waals surface area contributed by atoms with E-state index in [0.717, 1.165) is 12.8 Å². The molecule has 0 aliphatic heterocycles. The summed E-state index contributed by atoms with van der Waals surface area (Å²) in [4.78, 5) is 15.5. The molecule has 5 heteroatoms. The fourth-order valence-electron chi connectivity index (χ4n) is 1.22. The molecule has 1 rings (SSSR count). The minimum absolute atomic E-state index is 0.253. The van der Waals surface area contributed by atoms with Crippen molar-refractivity contribution in [3.63, 3.8) is 0 Å². The van der Waals surface area contributed by atoms with Crippen molar-refractivity contribution < 1.29 is 4.79 Å². The van der Waals surface area contributed by atoms with Crippen molar-refractivity contribution in [3.05, 3.63) is 24.0 Å². The normalized spacial score (nSPS) is 9.44. The Balaban J connectivity index is 2.36. The van der Waals surface area contributed by atoms with E-state index in [1.54, 1.807) is 12.1 Å². The number of aromatic nitrogens is 1. The first-order valence-electron chi connectivity index (χ1n) is 5.11. The molecule has 0 saturated carbocycles. The highest BCUT2D eigenvalue weighted by Crippen LogP contribution is 2.06. The van der Waals surface area contributed by atoms with Gasteiger partial charge in [-0.3, -0.25) is 4.79 Å². The average Bonchev–Trinajstić information content (AvgIpc) is 2.29. The van der Waals surface area contributed by atoms with Crippen LogP contribution in [0, 0.1) is 11.3 Å². The molecule has 0 aliphatic rings. The summed E-state index contributed by atoms with van der Waals surface area (Å²) < 4.78 is 0. The first-order valence-corrected chi connectivity index (χ1v) is 5.11.